The molecular weight excluding hydrogens is 460 g/mol. The number of ether oxygens (including phenoxy) is 2. The van der Waals surface area contributed by atoms with Crippen LogP contribution in [0.1, 0.15) is 27.2 Å². The van der Waals surface area contributed by atoms with Gasteiger partial charge < -0.3 is 13.9 Å². The maximum Gasteiger partial charge on any atom is 0.274 e. The van der Waals surface area contributed by atoms with E-state index in [9.17, 15) is 4.79 Å². The first-order chi connectivity index (χ1) is 14.0. The Balaban J connectivity index is 1.71. The number of hydrogen-bond donors (Lipinski definition) is 1. The van der Waals surface area contributed by atoms with E-state index in [0.29, 0.717) is 44.5 Å². The average Bonchev–Trinajstić information content (AvgIpc) is 3.14. The number of carbonyl (C=O) groups is 1. The Hall–Kier alpha value is -2.77. The van der Waals surface area contributed by atoms with Crippen LogP contribution in [-0.4, -0.2) is 19.2 Å². The van der Waals surface area contributed by atoms with Gasteiger partial charge in [-0.25, -0.2) is 5.43 Å². The Morgan fingerprint density at radius 3 is 2.79 bits per heavy atom. The molecule has 29 heavy (non-hydrogen) atoms. The first kappa shape index (κ1) is 21.0. The Morgan fingerprint density at radius 2 is 2.10 bits per heavy atom. The molecule has 3 rings (SSSR count). The number of hydrogen-bond acceptors (Lipinski definition) is 5. The predicted molar refractivity (Wildman–Crippen MR) is 115 cm³/mol. The molecule has 150 valence electrons. The standard InChI is InChI=1S/C21H18BrClN2O4/c1-13-16(7-8-28-13)21(26)25-24-11-14-9-17(22)20(19(10-14)27-2)29-12-15-5-3-4-6-18(15)23/h3-11H,12H2,1-2H3,(H,25,26). The number of rotatable bonds is 7. The van der Waals surface area contributed by atoms with E-state index in [1.165, 1.54) is 12.5 Å². The normalized spacial score (nSPS) is 10.9. The second-order valence-electron chi connectivity index (χ2n) is 6.00. The molecule has 0 bridgehead atoms. The molecule has 0 aliphatic rings. The number of methoxy groups -OCH3 is 1. The molecular formula is C21H18BrClN2O4. The summed E-state index contributed by atoms with van der Waals surface area (Å²) in [7, 11) is 1.55. The molecule has 2 aromatic carbocycles. The molecule has 0 unspecified atom stereocenters. The van der Waals surface area contributed by atoms with E-state index in [2.05, 4.69) is 26.5 Å². The maximum absolute atomic E-state index is 12.1. The van der Waals surface area contributed by atoms with E-state index in [-0.39, 0.29) is 5.91 Å². The number of amides is 1. The summed E-state index contributed by atoms with van der Waals surface area (Å²) < 4.78 is 17.1. The molecule has 0 fully saturated rings. The van der Waals surface area contributed by atoms with E-state index in [1.54, 1.807) is 26.2 Å². The molecule has 3 aromatic rings. The highest BCUT2D eigenvalue weighted by Crippen LogP contribution is 2.37. The van der Waals surface area contributed by atoms with Crippen molar-refractivity contribution in [3.05, 3.63) is 80.7 Å². The first-order valence-corrected chi connectivity index (χ1v) is 9.78. The lowest BCUT2D eigenvalue weighted by molar-refractivity contribution is 0.0953. The molecule has 1 N–H and O–H groups in total. The molecule has 0 aliphatic heterocycles. The minimum Gasteiger partial charge on any atom is -0.493 e. The van der Waals surface area contributed by atoms with Gasteiger partial charge in [0.15, 0.2) is 11.5 Å². The van der Waals surface area contributed by atoms with Crippen LogP contribution in [0.3, 0.4) is 0 Å². The minimum atomic E-state index is -0.349. The lowest BCUT2D eigenvalue weighted by atomic mass is 10.2. The van der Waals surface area contributed by atoms with Crippen molar-refractivity contribution >= 4 is 39.7 Å². The van der Waals surface area contributed by atoms with Gasteiger partial charge in [0, 0.05) is 10.6 Å². The highest BCUT2D eigenvalue weighted by molar-refractivity contribution is 9.10. The fourth-order valence-electron chi connectivity index (χ4n) is 2.57. The summed E-state index contributed by atoms with van der Waals surface area (Å²) in [6, 6.07) is 12.6. The van der Waals surface area contributed by atoms with Crippen molar-refractivity contribution in [2.45, 2.75) is 13.5 Å². The van der Waals surface area contributed by atoms with Gasteiger partial charge >= 0.3 is 0 Å². The van der Waals surface area contributed by atoms with E-state index in [1.807, 2.05) is 30.3 Å². The van der Waals surface area contributed by atoms with Crippen LogP contribution in [0.4, 0.5) is 0 Å². The van der Waals surface area contributed by atoms with Crippen LogP contribution >= 0.6 is 27.5 Å². The lowest BCUT2D eigenvalue weighted by Crippen LogP contribution is -2.17. The highest BCUT2D eigenvalue weighted by Gasteiger charge is 2.13. The van der Waals surface area contributed by atoms with Crippen molar-refractivity contribution in [2.75, 3.05) is 7.11 Å². The summed E-state index contributed by atoms with van der Waals surface area (Å²) in [5, 5.41) is 4.62. The van der Waals surface area contributed by atoms with Crippen molar-refractivity contribution < 1.29 is 18.7 Å². The predicted octanol–water partition coefficient (Wildman–Crippen LogP) is 5.36. The molecule has 1 amide bonds. The van der Waals surface area contributed by atoms with Crippen molar-refractivity contribution in [2.24, 2.45) is 5.10 Å². The number of hydrazone groups is 1. The number of aryl methyl sites for hydroxylation is 1. The summed E-state index contributed by atoms with van der Waals surface area (Å²) in [4.78, 5) is 12.1. The van der Waals surface area contributed by atoms with Crippen LogP contribution < -0.4 is 14.9 Å². The van der Waals surface area contributed by atoms with Crippen LogP contribution in [0, 0.1) is 6.92 Å². The smallest absolute Gasteiger partial charge is 0.274 e. The topological polar surface area (TPSA) is 73.1 Å². The Morgan fingerprint density at radius 1 is 1.31 bits per heavy atom. The van der Waals surface area contributed by atoms with Gasteiger partial charge in [-0.05, 0) is 52.7 Å². The Kier molecular flexibility index (Phi) is 6.95. The molecule has 1 aromatic heterocycles. The molecule has 0 saturated carbocycles. The third kappa shape index (κ3) is 5.19. The van der Waals surface area contributed by atoms with E-state index in [0.717, 1.165) is 5.56 Å². The van der Waals surface area contributed by atoms with E-state index < -0.39 is 0 Å². The summed E-state index contributed by atoms with van der Waals surface area (Å²) in [6.07, 6.45) is 2.97. The fourth-order valence-corrected chi connectivity index (χ4v) is 3.33. The molecule has 0 aliphatic carbocycles. The van der Waals surface area contributed by atoms with Gasteiger partial charge in [-0.1, -0.05) is 29.8 Å². The van der Waals surface area contributed by atoms with Crippen molar-refractivity contribution in [3.8, 4) is 11.5 Å². The molecule has 0 atom stereocenters. The number of furan rings is 1. The number of nitrogens with one attached hydrogen (secondary N) is 1. The van der Waals surface area contributed by atoms with Gasteiger partial charge in [0.1, 0.15) is 12.4 Å². The molecule has 0 saturated heterocycles. The molecule has 0 spiro atoms. The van der Waals surface area contributed by atoms with E-state index in [4.69, 9.17) is 25.5 Å². The number of carbonyl (C=O) groups excluding carboxylic acids is 1. The lowest BCUT2D eigenvalue weighted by Gasteiger charge is -2.14. The van der Waals surface area contributed by atoms with Gasteiger partial charge in [-0.2, -0.15) is 5.10 Å². The average molecular weight is 478 g/mol. The third-order valence-electron chi connectivity index (χ3n) is 4.06. The minimum absolute atomic E-state index is 0.294. The van der Waals surface area contributed by atoms with Crippen LogP contribution in [-0.2, 0) is 6.61 Å². The zero-order valence-corrected chi connectivity index (χ0v) is 18.1. The van der Waals surface area contributed by atoms with Crippen molar-refractivity contribution in [3.63, 3.8) is 0 Å². The maximum atomic E-state index is 12.1. The van der Waals surface area contributed by atoms with Crippen LogP contribution in [0.5, 0.6) is 11.5 Å². The largest absolute Gasteiger partial charge is 0.493 e. The summed E-state index contributed by atoms with van der Waals surface area (Å²) >= 11 is 9.67. The fraction of sp³-hybridized carbons (Fsp3) is 0.143. The van der Waals surface area contributed by atoms with Gasteiger partial charge in [-0.3, -0.25) is 4.79 Å². The van der Waals surface area contributed by atoms with Gasteiger partial charge in [0.2, 0.25) is 0 Å². The zero-order chi connectivity index (χ0) is 20.8. The summed E-state index contributed by atoms with van der Waals surface area (Å²) in [6.45, 7) is 2.00. The molecule has 8 heteroatoms. The van der Waals surface area contributed by atoms with Crippen LogP contribution in [0.25, 0.3) is 0 Å². The second-order valence-corrected chi connectivity index (χ2v) is 7.27. The van der Waals surface area contributed by atoms with Crippen molar-refractivity contribution in [1.82, 2.24) is 5.43 Å². The quantitative estimate of drug-likeness (QED) is 0.367. The molecule has 6 nitrogen and oxygen atoms in total. The Bertz CT molecular complexity index is 1050. The molecule has 1 heterocycles. The van der Waals surface area contributed by atoms with Crippen LogP contribution in [0.15, 0.2) is 62.7 Å². The third-order valence-corrected chi connectivity index (χ3v) is 5.02. The SMILES string of the molecule is COc1cc(C=NNC(=O)c2ccoc2C)cc(Br)c1OCc1ccccc1Cl. The van der Waals surface area contributed by atoms with Gasteiger partial charge in [0.25, 0.3) is 5.91 Å². The number of halogens is 2. The van der Waals surface area contributed by atoms with Gasteiger partial charge in [-0.15, -0.1) is 0 Å². The summed E-state index contributed by atoms with van der Waals surface area (Å²) in [5.74, 6) is 1.24. The van der Waals surface area contributed by atoms with Crippen LogP contribution in [0.2, 0.25) is 5.02 Å². The number of nitrogens with zero attached hydrogens (tertiary/aromatic N) is 1. The van der Waals surface area contributed by atoms with Gasteiger partial charge in [0.05, 0.1) is 29.6 Å². The van der Waals surface area contributed by atoms with E-state index >= 15 is 0 Å². The Labute approximate surface area is 181 Å². The number of benzene rings is 2. The molecule has 0 radical (unpaired) electrons. The second kappa shape index (κ2) is 9.62. The first-order valence-electron chi connectivity index (χ1n) is 8.61. The summed E-state index contributed by atoms with van der Waals surface area (Å²) in [5.41, 5.74) is 4.48. The zero-order valence-electron chi connectivity index (χ0n) is 15.7. The van der Waals surface area contributed by atoms with Crippen molar-refractivity contribution in [1.29, 1.82) is 0 Å². The monoisotopic (exact) mass is 476 g/mol. The highest BCUT2D eigenvalue weighted by atomic mass is 79.9.